The van der Waals surface area contributed by atoms with Crippen molar-refractivity contribution in [3.05, 3.63) is 45.9 Å². The maximum Gasteiger partial charge on any atom is 0.354 e. The zero-order valence-electron chi connectivity index (χ0n) is 10.6. The van der Waals surface area contributed by atoms with Crippen LogP contribution < -0.4 is 5.32 Å². The molecule has 3 N–H and O–H groups in total. The highest BCUT2D eigenvalue weighted by Crippen LogP contribution is 2.25. The Kier molecular flexibility index (Phi) is 5.51. The predicted octanol–water partition coefficient (Wildman–Crippen LogP) is 4.09. The van der Waals surface area contributed by atoms with Crippen LogP contribution in [0.4, 0.5) is 5.69 Å². The minimum absolute atomic E-state index is 0.0174. The maximum atomic E-state index is 12.4. The molecule has 0 unspecified atom stereocenters. The molecule has 2 rings (SSSR count). The number of aromatic carboxylic acids is 1. The summed E-state index contributed by atoms with van der Waals surface area (Å²) in [7, 11) is 0. The second-order valence-electron chi connectivity index (χ2n) is 4.25. The Morgan fingerprint density at radius 1 is 1.19 bits per heavy atom. The summed E-state index contributed by atoms with van der Waals surface area (Å²) in [6, 6.07) is 5.36. The first kappa shape index (κ1) is 17.0. The number of aryl methyl sites for hydroxylation is 1. The second-order valence-corrected chi connectivity index (χ2v) is 7.74. The molecule has 0 aliphatic rings. The molecule has 5 nitrogen and oxygen atoms in total. The van der Waals surface area contributed by atoms with E-state index in [4.69, 9.17) is 5.11 Å². The number of carboxylic acid groups (broad SMARTS) is 1. The van der Waals surface area contributed by atoms with Crippen LogP contribution in [0.15, 0.2) is 18.2 Å². The monoisotopic (exact) mass is 622 g/mol. The van der Waals surface area contributed by atoms with E-state index in [-0.39, 0.29) is 17.3 Å². The van der Waals surface area contributed by atoms with Gasteiger partial charge in [-0.15, -0.1) is 0 Å². The van der Waals surface area contributed by atoms with Crippen LogP contribution >= 0.6 is 67.8 Å². The Hall–Kier alpha value is -0.370. The van der Waals surface area contributed by atoms with Crippen LogP contribution in [0.1, 0.15) is 26.5 Å². The fourth-order valence-electron chi connectivity index (χ4n) is 1.77. The van der Waals surface area contributed by atoms with Crippen LogP contribution in [0, 0.1) is 17.6 Å². The molecule has 8 heteroatoms. The number of H-pyrrole nitrogens is 1. The summed E-state index contributed by atoms with van der Waals surface area (Å²) in [5, 5.41) is 11.8. The topological polar surface area (TPSA) is 82.2 Å². The van der Waals surface area contributed by atoms with Crippen molar-refractivity contribution in [2.45, 2.75) is 6.92 Å². The van der Waals surface area contributed by atoms with E-state index in [0.717, 1.165) is 10.7 Å². The number of halogens is 3. The highest BCUT2D eigenvalue weighted by Gasteiger charge is 2.18. The highest BCUT2D eigenvalue weighted by atomic mass is 127. The molecule has 1 aromatic carbocycles. The third-order valence-corrected chi connectivity index (χ3v) is 6.32. The average molecular weight is 622 g/mol. The summed E-state index contributed by atoms with van der Waals surface area (Å²) >= 11 is 6.42. The van der Waals surface area contributed by atoms with Crippen LogP contribution in [0.25, 0.3) is 0 Å². The summed E-state index contributed by atoms with van der Waals surface area (Å²) < 4.78 is 2.77. The largest absolute Gasteiger partial charge is 0.477 e. The molecule has 0 bridgehead atoms. The van der Waals surface area contributed by atoms with Gasteiger partial charge in [0, 0.05) is 16.4 Å². The van der Waals surface area contributed by atoms with Crippen LogP contribution in [-0.4, -0.2) is 22.0 Å². The average Bonchev–Trinajstić information content (AvgIpc) is 2.74. The van der Waals surface area contributed by atoms with E-state index in [1.54, 1.807) is 19.1 Å². The van der Waals surface area contributed by atoms with Crippen molar-refractivity contribution in [1.29, 1.82) is 0 Å². The number of carboxylic acids is 1. The Labute approximate surface area is 161 Å². The lowest BCUT2D eigenvalue weighted by Crippen LogP contribution is -2.16. The number of carbonyl (C=O) groups excluding carboxylic acids is 1. The number of carbonyl (C=O) groups is 2. The molecule has 0 aliphatic carbocycles. The number of rotatable bonds is 3. The van der Waals surface area contributed by atoms with Crippen molar-refractivity contribution in [3.63, 3.8) is 0 Å². The lowest BCUT2D eigenvalue weighted by molar-refractivity contribution is 0.0692. The van der Waals surface area contributed by atoms with Crippen LogP contribution in [-0.2, 0) is 0 Å². The van der Waals surface area contributed by atoms with Gasteiger partial charge in [-0.05, 0) is 92.9 Å². The van der Waals surface area contributed by atoms with Crippen LogP contribution in [0.5, 0.6) is 0 Å². The fourth-order valence-corrected chi connectivity index (χ4v) is 4.17. The molecule has 0 atom stereocenters. The van der Waals surface area contributed by atoms with E-state index in [9.17, 15) is 9.59 Å². The number of hydrogen-bond donors (Lipinski definition) is 3. The van der Waals surface area contributed by atoms with Crippen molar-refractivity contribution in [1.82, 2.24) is 4.98 Å². The first-order chi connectivity index (χ1) is 9.79. The summed E-state index contributed by atoms with van der Waals surface area (Å²) in [5.41, 5.74) is 1.46. The SMILES string of the molecule is Cc1cc(NC(=O)c2cc(I)cc(I)c2I)c(C(=O)O)[nH]1. The number of hydrogen-bond acceptors (Lipinski definition) is 2. The third kappa shape index (κ3) is 3.88. The molecule has 0 spiro atoms. The predicted molar refractivity (Wildman–Crippen MR) is 105 cm³/mol. The molecule has 0 saturated heterocycles. The van der Waals surface area contributed by atoms with E-state index in [0.29, 0.717) is 11.3 Å². The molecular weight excluding hydrogens is 613 g/mol. The number of aromatic nitrogens is 1. The van der Waals surface area contributed by atoms with Gasteiger partial charge in [-0.2, -0.15) is 0 Å². The van der Waals surface area contributed by atoms with Crippen molar-refractivity contribution < 1.29 is 14.7 Å². The Morgan fingerprint density at radius 2 is 1.86 bits per heavy atom. The lowest BCUT2D eigenvalue weighted by Gasteiger charge is -2.08. The normalized spacial score (nSPS) is 10.5. The van der Waals surface area contributed by atoms with Gasteiger partial charge in [-0.3, -0.25) is 4.79 Å². The molecule has 21 heavy (non-hydrogen) atoms. The second kappa shape index (κ2) is 6.81. The maximum absolute atomic E-state index is 12.4. The number of anilines is 1. The summed E-state index contributed by atoms with van der Waals surface area (Å²) in [6.45, 7) is 1.74. The van der Waals surface area contributed by atoms with Gasteiger partial charge in [0.15, 0.2) is 0 Å². The van der Waals surface area contributed by atoms with Gasteiger partial charge in [-0.1, -0.05) is 0 Å². The van der Waals surface area contributed by atoms with Gasteiger partial charge in [0.25, 0.3) is 5.91 Å². The summed E-state index contributed by atoms with van der Waals surface area (Å²) in [4.78, 5) is 26.3. The van der Waals surface area contributed by atoms with Gasteiger partial charge in [-0.25, -0.2) is 4.79 Å². The van der Waals surface area contributed by atoms with Crippen molar-refractivity contribution in [2.24, 2.45) is 0 Å². The van der Waals surface area contributed by atoms with Gasteiger partial charge >= 0.3 is 5.97 Å². The van der Waals surface area contributed by atoms with Crippen molar-refractivity contribution >= 4 is 85.3 Å². The van der Waals surface area contributed by atoms with E-state index in [1.165, 1.54) is 0 Å². The first-order valence-corrected chi connectivity index (χ1v) is 8.92. The first-order valence-electron chi connectivity index (χ1n) is 5.68. The lowest BCUT2D eigenvalue weighted by atomic mass is 10.2. The van der Waals surface area contributed by atoms with E-state index < -0.39 is 5.97 Å². The third-order valence-electron chi connectivity index (χ3n) is 2.65. The minimum Gasteiger partial charge on any atom is -0.477 e. The quantitative estimate of drug-likeness (QED) is 0.357. The Balaban J connectivity index is 2.37. The number of benzene rings is 1. The van der Waals surface area contributed by atoms with Gasteiger partial charge < -0.3 is 15.4 Å². The molecule has 1 amide bonds. The minimum atomic E-state index is -1.11. The molecule has 1 heterocycles. The smallest absolute Gasteiger partial charge is 0.354 e. The molecule has 2 aromatic rings. The Bertz CT molecular complexity index is 741. The van der Waals surface area contributed by atoms with Crippen LogP contribution in [0.3, 0.4) is 0 Å². The molecule has 0 fully saturated rings. The van der Waals surface area contributed by atoms with Gasteiger partial charge in [0.1, 0.15) is 5.69 Å². The highest BCUT2D eigenvalue weighted by molar-refractivity contribution is 14.1. The van der Waals surface area contributed by atoms with Gasteiger partial charge in [0.05, 0.1) is 11.3 Å². The summed E-state index contributed by atoms with van der Waals surface area (Å²) in [6.07, 6.45) is 0. The van der Waals surface area contributed by atoms with Crippen LogP contribution in [0.2, 0.25) is 0 Å². The molecule has 0 aliphatic heterocycles. The van der Waals surface area contributed by atoms with Crippen molar-refractivity contribution in [2.75, 3.05) is 5.32 Å². The zero-order chi connectivity index (χ0) is 15.7. The van der Waals surface area contributed by atoms with E-state index in [1.807, 2.05) is 6.07 Å². The van der Waals surface area contributed by atoms with Gasteiger partial charge in [0.2, 0.25) is 0 Å². The molecular formula is C13H9I3N2O3. The molecule has 0 saturated carbocycles. The van der Waals surface area contributed by atoms with E-state index in [2.05, 4.69) is 78.1 Å². The Morgan fingerprint density at radius 3 is 2.48 bits per heavy atom. The molecule has 0 radical (unpaired) electrons. The fraction of sp³-hybridized carbons (Fsp3) is 0.0769. The van der Waals surface area contributed by atoms with Crippen molar-refractivity contribution in [3.8, 4) is 0 Å². The number of amides is 1. The standard InChI is InChI=1S/C13H9I3N2O3/c1-5-2-9(11(17-5)13(20)21)18-12(19)7-3-6(14)4-8(15)10(7)16/h2-4,17H,1H3,(H,18,19)(H,20,21). The van der Waals surface area contributed by atoms with E-state index >= 15 is 0 Å². The number of nitrogens with one attached hydrogen (secondary N) is 2. The zero-order valence-corrected chi connectivity index (χ0v) is 17.1. The molecule has 110 valence electrons. The number of aromatic amines is 1. The summed E-state index contributed by atoms with van der Waals surface area (Å²) in [5.74, 6) is -1.43. The molecule has 1 aromatic heterocycles.